The maximum Gasteiger partial charge on any atom is 0.328 e. The van der Waals surface area contributed by atoms with E-state index < -0.39 is 23.9 Å². The van der Waals surface area contributed by atoms with E-state index in [9.17, 15) is 14.4 Å². The molecule has 3 aromatic rings. The molecule has 3 amide bonds. The predicted molar refractivity (Wildman–Crippen MR) is 124 cm³/mol. The number of nitrogens with one attached hydrogen (secondary N) is 1. The lowest BCUT2D eigenvalue weighted by Crippen LogP contribution is -2.49. The van der Waals surface area contributed by atoms with Gasteiger partial charge in [0, 0.05) is 19.0 Å². The Morgan fingerprint density at radius 3 is 2.06 bits per heavy atom. The topological polar surface area (TPSA) is 84.9 Å². The second-order valence-corrected chi connectivity index (χ2v) is 7.38. The van der Waals surface area contributed by atoms with Gasteiger partial charge in [0.2, 0.25) is 0 Å². The molecule has 0 aliphatic heterocycles. The number of urea groups is 1. The molecule has 0 heterocycles. The van der Waals surface area contributed by atoms with Crippen molar-refractivity contribution in [1.82, 2.24) is 10.2 Å². The average Bonchev–Trinajstić information content (AvgIpc) is 2.87. The molecular weight excluding hydrogens is 420 g/mol. The van der Waals surface area contributed by atoms with Crippen LogP contribution in [0.3, 0.4) is 0 Å². The molecule has 1 atom stereocenters. The highest BCUT2D eigenvalue weighted by Crippen LogP contribution is 2.16. The summed E-state index contributed by atoms with van der Waals surface area (Å²) < 4.78 is 10.6. The molecule has 0 unspecified atom stereocenters. The number of ether oxygens (including phenoxy) is 2. The van der Waals surface area contributed by atoms with Gasteiger partial charge in [0.1, 0.15) is 18.4 Å². The van der Waals surface area contributed by atoms with Crippen LogP contribution in [0.15, 0.2) is 84.9 Å². The number of hydrogen-bond donors (Lipinski definition) is 1. The van der Waals surface area contributed by atoms with Gasteiger partial charge >= 0.3 is 12.0 Å². The van der Waals surface area contributed by atoms with Gasteiger partial charge in [0.15, 0.2) is 0 Å². The van der Waals surface area contributed by atoms with Crippen molar-refractivity contribution in [2.24, 2.45) is 0 Å². The Bertz CT molecular complexity index is 1070. The molecule has 3 aromatic carbocycles. The van der Waals surface area contributed by atoms with Crippen LogP contribution in [0.1, 0.15) is 21.5 Å². The van der Waals surface area contributed by atoms with Crippen LogP contribution in [0.2, 0.25) is 0 Å². The third-order valence-electron chi connectivity index (χ3n) is 5.02. The van der Waals surface area contributed by atoms with E-state index in [0.29, 0.717) is 17.9 Å². The van der Waals surface area contributed by atoms with Crippen molar-refractivity contribution in [1.29, 1.82) is 0 Å². The highest BCUT2D eigenvalue weighted by molar-refractivity contribution is 6.04. The van der Waals surface area contributed by atoms with Gasteiger partial charge < -0.3 is 14.8 Å². The van der Waals surface area contributed by atoms with E-state index in [0.717, 1.165) is 16.0 Å². The molecule has 0 aliphatic carbocycles. The number of carbonyl (C=O) groups is 3. The Hall–Kier alpha value is -4.13. The van der Waals surface area contributed by atoms with Crippen molar-refractivity contribution in [2.45, 2.75) is 19.1 Å². The highest BCUT2D eigenvalue weighted by Gasteiger charge is 2.26. The molecule has 7 nitrogen and oxygen atoms in total. The minimum atomic E-state index is -0.954. The standard InChI is InChI=1S/C26H26N2O5/c1-28(24(29)21-11-7-4-8-12-21)26(31)27-23(25(30)32-2)17-19-13-15-22(16-14-19)33-18-20-9-5-3-6-10-20/h3-16,23H,17-18H2,1-2H3,(H,27,31)/t23-/m0/s1. The van der Waals surface area contributed by atoms with E-state index in [1.165, 1.54) is 14.2 Å². The second kappa shape index (κ2) is 11.5. The third-order valence-corrected chi connectivity index (χ3v) is 5.02. The number of rotatable bonds is 8. The lowest BCUT2D eigenvalue weighted by molar-refractivity contribution is -0.142. The van der Waals surface area contributed by atoms with Crippen LogP contribution in [0.25, 0.3) is 0 Å². The maximum atomic E-state index is 12.6. The summed E-state index contributed by atoms with van der Waals surface area (Å²) in [6.45, 7) is 0.447. The zero-order chi connectivity index (χ0) is 23.6. The zero-order valence-electron chi connectivity index (χ0n) is 18.6. The van der Waals surface area contributed by atoms with Crippen LogP contribution in [0, 0.1) is 0 Å². The molecule has 0 saturated carbocycles. The molecule has 3 rings (SSSR count). The second-order valence-electron chi connectivity index (χ2n) is 7.38. The SMILES string of the molecule is COC(=O)[C@H](Cc1ccc(OCc2ccccc2)cc1)NC(=O)N(C)C(=O)c1ccccc1. The molecule has 7 heteroatoms. The Kier molecular flexibility index (Phi) is 8.18. The fourth-order valence-electron chi connectivity index (χ4n) is 3.15. The largest absolute Gasteiger partial charge is 0.489 e. The van der Waals surface area contributed by atoms with Crippen LogP contribution in [-0.4, -0.2) is 43.0 Å². The summed E-state index contributed by atoms with van der Waals surface area (Å²) in [5, 5.41) is 2.59. The van der Waals surface area contributed by atoms with Gasteiger partial charge in [-0.1, -0.05) is 60.7 Å². The molecule has 0 spiro atoms. The minimum Gasteiger partial charge on any atom is -0.489 e. The van der Waals surface area contributed by atoms with Gasteiger partial charge in [-0.3, -0.25) is 9.69 Å². The summed E-state index contributed by atoms with van der Waals surface area (Å²) >= 11 is 0. The van der Waals surface area contributed by atoms with Crippen LogP contribution >= 0.6 is 0 Å². The number of hydrogen-bond acceptors (Lipinski definition) is 5. The van der Waals surface area contributed by atoms with Crippen molar-refractivity contribution in [3.63, 3.8) is 0 Å². The monoisotopic (exact) mass is 446 g/mol. The van der Waals surface area contributed by atoms with Crippen LogP contribution < -0.4 is 10.1 Å². The number of esters is 1. The molecule has 0 aromatic heterocycles. The summed E-state index contributed by atoms with van der Waals surface area (Å²) in [5.41, 5.74) is 2.23. The number of imide groups is 1. The van der Waals surface area contributed by atoms with Crippen LogP contribution in [0.5, 0.6) is 5.75 Å². The van der Waals surface area contributed by atoms with E-state index in [4.69, 9.17) is 9.47 Å². The van der Waals surface area contributed by atoms with Gasteiger partial charge in [0.25, 0.3) is 5.91 Å². The van der Waals surface area contributed by atoms with Gasteiger partial charge in [-0.25, -0.2) is 9.59 Å². The Balaban J connectivity index is 1.61. The van der Waals surface area contributed by atoms with E-state index in [1.54, 1.807) is 42.5 Å². The van der Waals surface area contributed by atoms with Crippen molar-refractivity contribution < 1.29 is 23.9 Å². The van der Waals surface area contributed by atoms with Gasteiger partial charge in [0.05, 0.1) is 7.11 Å². The Morgan fingerprint density at radius 2 is 1.45 bits per heavy atom. The van der Waals surface area contributed by atoms with E-state index in [-0.39, 0.29) is 6.42 Å². The molecule has 0 aliphatic rings. The quantitative estimate of drug-likeness (QED) is 0.532. The summed E-state index contributed by atoms with van der Waals surface area (Å²) in [6, 6.07) is 23.9. The fraction of sp³-hybridized carbons (Fsp3) is 0.192. The molecular formula is C26H26N2O5. The van der Waals surface area contributed by atoms with Gasteiger partial charge in [-0.05, 0) is 35.4 Å². The molecule has 170 valence electrons. The number of methoxy groups -OCH3 is 1. The van der Waals surface area contributed by atoms with Crippen LogP contribution in [0.4, 0.5) is 4.79 Å². The first kappa shape index (κ1) is 23.5. The highest BCUT2D eigenvalue weighted by atomic mass is 16.5. The van der Waals surface area contributed by atoms with Crippen molar-refractivity contribution in [3.8, 4) is 5.75 Å². The smallest absolute Gasteiger partial charge is 0.328 e. The fourth-order valence-corrected chi connectivity index (χ4v) is 3.15. The zero-order valence-corrected chi connectivity index (χ0v) is 18.6. The van der Waals surface area contributed by atoms with E-state index in [2.05, 4.69) is 5.32 Å². The number of amides is 3. The first-order valence-corrected chi connectivity index (χ1v) is 10.4. The third kappa shape index (κ3) is 6.67. The number of nitrogens with zero attached hydrogens (tertiary/aromatic N) is 1. The van der Waals surface area contributed by atoms with Crippen LogP contribution in [-0.2, 0) is 22.6 Å². The minimum absolute atomic E-state index is 0.199. The summed E-state index contributed by atoms with van der Waals surface area (Å²) in [7, 11) is 2.61. The predicted octanol–water partition coefficient (Wildman–Crippen LogP) is 3.83. The Labute approximate surface area is 192 Å². The molecule has 1 N–H and O–H groups in total. The molecule has 0 bridgehead atoms. The Morgan fingerprint density at radius 1 is 0.848 bits per heavy atom. The lowest BCUT2D eigenvalue weighted by atomic mass is 10.1. The van der Waals surface area contributed by atoms with E-state index >= 15 is 0 Å². The first-order chi connectivity index (χ1) is 16.0. The molecule has 33 heavy (non-hydrogen) atoms. The van der Waals surface area contributed by atoms with E-state index in [1.807, 2.05) is 42.5 Å². The first-order valence-electron chi connectivity index (χ1n) is 10.4. The van der Waals surface area contributed by atoms with Crippen molar-refractivity contribution in [3.05, 3.63) is 102 Å². The normalized spacial score (nSPS) is 11.2. The van der Waals surface area contributed by atoms with Crippen molar-refractivity contribution >= 4 is 17.9 Å². The average molecular weight is 447 g/mol. The summed E-state index contributed by atoms with van der Waals surface area (Å²) in [6.07, 6.45) is 0.199. The molecule has 0 fully saturated rings. The summed E-state index contributed by atoms with van der Waals surface area (Å²) in [5.74, 6) is -0.389. The number of benzene rings is 3. The van der Waals surface area contributed by atoms with Gasteiger partial charge in [-0.2, -0.15) is 0 Å². The molecule has 0 radical (unpaired) electrons. The lowest BCUT2D eigenvalue weighted by Gasteiger charge is -2.21. The maximum absolute atomic E-state index is 12.6. The van der Waals surface area contributed by atoms with Crippen molar-refractivity contribution in [2.75, 3.05) is 14.2 Å². The summed E-state index contributed by atoms with van der Waals surface area (Å²) in [4.78, 5) is 38.3. The molecule has 0 saturated heterocycles. The van der Waals surface area contributed by atoms with Gasteiger partial charge in [-0.15, -0.1) is 0 Å². The number of carbonyl (C=O) groups excluding carboxylic acids is 3.